The van der Waals surface area contributed by atoms with Gasteiger partial charge in [0.15, 0.2) is 17.1 Å². The summed E-state index contributed by atoms with van der Waals surface area (Å²) in [7, 11) is 1.51. The molecule has 20 heavy (non-hydrogen) atoms. The second-order valence-electron chi connectivity index (χ2n) is 4.40. The van der Waals surface area contributed by atoms with Crippen LogP contribution in [-0.4, -0.2) is 27.2 Å². The molecule has 6 heteroatoms. The third-order valence-corrected chi connectivity index (χ3v) is 3.86. The topological polar surface area (TPSA) is 71.0 Å². The molecule has 3 rings (SSSR count). The summed E-state index contributed by atoms with van der Waals surface area (Å²) in [6.07, 6.45) is 0. The van der Waals surface area contributed by atoms with Crippen LogP contribution in [0.3, 0.4) is 0 Å². The normalized spacial score (nSPS) is 10.9. The van der Waals surface area contributed by atoms with Crippen molar-refractivity contribution in [2.24, 2.45) is 0 Å². The number of aromatic hydroxyl groups is 1. The molecule has 0 aliphatic rings. The van der Waals surface area contributed by atoms with Gasteiger partial charge in [-0.1, -0.05) is 0 Å². The van der Waals surface area contributed by atoms with Crippen LogP contribution < -0.4 is 4.74 Å². The van der Waals surface area contributed by atoms with Crippen LogP contribution in [0, 0.1) is 6.92 Å². The smallest absolute Gasteiger partial charge is 0.178 e. The summed E-state index contributed by atoms with van der Waals surface area (Å²) in [4.78, 5) is 12.1. The van der Waals surface area contributed by atoms with E-state index in [1.807, 2.05) is 13.0 Å². The number of aryl methyl sites for hydroxylation is 1. The van der Waals surface area contributed by atoms with E-state index in [2.05, 4.69) is 30.9 Å². The number of fused-ring (bicyclic) bond motifs is 1. The minimum Gasteiger partial charge on any atom is -0.504 e. The lowest BCUT2D eigenvalue weighted by Gasteiger charge is -2.04. The van der Waals surface area contributed by atoms with Crippen molar-refractivity contribution < 1.29 is 9.84 Å². The van der Waals surface area contributed by atoms with Crippen LogP contribution in [-0.2, 0) is 0 Å². The number of nitrogens with one attached hydrogen (secondary N) is 1. The molecule has 0 bridgehead atoms. The number of ether oxygens (including phenoxy) is 1. The van der Waals surface area contributed by atoms with Crippen molar-refractivity contribution in [3.05, 3.63) is 34.4 Å². The summed E-state index contributed by atoms with van der Waals surface area (Å²) < 4.78 is 6.04. The van der Waals surface area contributed by atoms with Crippen LogP contribution in [0.4, 0.5) is 0 Å². The quantitative estimate of drug-likeness (QED) is 0.753. The van der Waals surface area contributed by atoms with Gasteiger partial charge < -0.3 is 14.8 Å². The maximum atomic E-state index is 9.62. The molecule has 2 heterocycles. The SMILES string of the molecule is COc1cc(-c2nc3nc(C)c(Br)cc3[nH]2)ccc1O. The molecule has 0 aliphatic carbocycles. The second kappa shape index (κ2) is 4.79. The van der Waals surface area contributed by atoms with Crippen molar-refractivity contribution in [1.29, 1.82) is 0 Å². The van der Waals surface area contributed by atoms with E-state index in [9.17, 15) is 5.11 Å². The summed E-state index contributed by atoms with van der Waals surface area (Å²) >= 11 is 3.45. The predicted octanol–water partition coefficient (Wildman–Crippen LogP) is 3.41. The zero-order valence-electron chi connectivity index (χ0n) is 10.9. The first-order valence-corrected chi connectivity index (χ1v) is 6.78. The number of aromatic amines is 1. The monoisotopic (exact) mass is 333 g/mol. The third kappa shape index (κ3) is 2.12. The number of H-pyrrole nitrogens is 1. The molecule has 0 fully saturated rings. The molecule has 0 saturated carbocycles. The summed E-state index contributed by atoms with van der Waals surface area (Å²) in [6.45, 7) is 1.92. The predicted molar refractivity (Wildman–Crippen MR) is 80.0 cm³/mol. The lowest BCUT2D eigenvalue weighted by Crippen LogP contribution is -1.86. The standard InChI is InChI=1S/C14H12BrN3O2/c1-7-9(15)6-10-14(16-7)18-13(17-10)8-3-4-11(19)12(5-8)20-2/h3-6,19H,1-2H3,(H,16,17,18). The Morgan fingerprint density at radius 3 is 2.80 bits per heavy atom. The number of phenols is 1. The highest BCUT2D eigenvalue weighted by molar-refractivity contribution is 9.10. The number of rotatable bonds is 2. The molecule has 0 atom stereocenters. The number of aromatic nitrogens is 3. The average molecular weight is 334 g/mol. The largest absolute Gasteiger partial charge is 0.504 e. The van der Waals surface area contributed by atoms with Crippen LogP contribution in [0.5, 0.6) is 11.5 Å². The van der Waals surface area contributed by atoms with E-state index in [1.165, 1.54) is 7.11 Å². The molecule has 3 aromatic rings. The molecule has 0 unspecified atom stereocenters. The van der Waals surface area contributed by atoms with Crippen molar-refractivity contribution in [2.75, 3.05) is 7.11 Å². The van der Waals surface area contributed by atoms with Gasteiger partial charge in [0.1, 0.15) is 5.82 Å². The van der Waals surface area contributed by atoms with Crippen molar-refractivity contribution in [3.8, 4) is 22.9 Å². The van der Waals surface area contributed by atoms with Gasteiger partial charge in [0.05, 0.1) is 18.3 Å². The highest BCUT2D eigenvalue weighted by Crippen LogP contribution is 2.31. The number of nitrogens with zero attached hydrogens (tertiary/aromatic N) is 2. The number of imidazole rings is 1. The number of phenolic OH excluding ortho intramolecular Hbond substituents is 1. The number of benzene rings is 1. The second-order valence-corrected chi connectivity index (χ2v) is 5.25. The van der Waals surface area contributed by atoms with E-state index in [1.54, 1.807) is 18.2 Å². The Balaban J connectivity index is 2.14. The van der Waals surface area contributed by atoms with Crippen LogP contribution in [0.1, 0.15) is 5.69 Å². The summed E-state index contributed by atoms with van der Waals surface area (Å²) in [6, 6.07) is 7.04. The summed E-state index contributed by atoms with van der Waals surface area (Å²) in [5.74, 6) is 1.20. The van der Waals surface area contributed by atoms with Crippen molar-refractivity contribution >= 4 is 27.1 Å². The number of methoxy groups -OCH3 is 1. The molecule has 2 aromatic heterocycles. The van der Waals surface area contributed by atoms with Gasteiger partial charge in [-0.2, -0.15) is 0 Å². The van der Waals surface area contributed by atoms with Gasteiger partial charge in [-0.05, 0) is 47.1 Å². The molecule has 2 N–H and O–H groups in total. The van der Waals surface area contributed by atoms with Crippen LogP contribution >= 0.6 is 15.9 Å². The first-order chi connectivity index (χ1) is 9.58. The van der Waals surface area contributed by atoms with Gasteiger partial charge in [-0.3, -0.25) is 0 Å². The molecular formula is C14H12BrN3O2. The van der Waals surface area contributed by atoms with Crippen molar-refractivity contribution in [1.82, 2.24) is 15.0 Å². The van der Waals surface area contributed by atoms with Crippen molar-refractivity contribution in [3.63, 3.8) is 0 Å². The molecule has 0 aliphatic heterocycles. The average Bonchev–Trinajstić information content (AvgIpc) is 2.82. The highest BCUT2D eigenvalue weighted by atomic mass is 79.9. The van der Waals surface area contributed by atoms with E-state index in [0.29, 0.717) is 17.2 Å². The molecule has 0 amide bonds. The van der Waals surface area contributed by atoms with E-state index in [0.717, 1.165) is 21.2 Å². The first kappa shape index (κ1) is 12.9. The van der Waals surface area contributed by atoms with Gasteiger partial charge in [0, 0.05) is 10.0 Å². The van der Waals surface area contributed by atoms with Gasteiger partial charge in [-0.25, -0.2) is 9.97 Å². The summed E-state index contributed by atoms with van der Waals surface area (Å²) in [5, 5.41) is 9.62. The Morgan fingerprint density at radius 2 is 2.05 bits per heavy atom. The van der Waals surface area contributed by atoms with E-state index < -0.39 is 0 Å². The first-order valence-electron chi connectivity index (χ1n) is 5.98. The Morgan fingerprint density at radius 1 is 1.25 bits per heavy atom. The lowest BCUT2D eigenvalue weighted by atomic mass is 10.2. The minimum absolute atomic E-state index is 0.101. The molecular weight excluding hydrogens is 322 g/mol. The fourth-order valence-corrected chi connectivity index (χ4v) is 2.29. The number of pyridine rings is 1. The maximum absolute atomic E-state index is 9.62. The van der Waals surface area contributed by atoms with E-state index in [4.69, 9.17) is 4.74 Å². The van der Waals surface area contributed by atoms with Gasteiger partial charge in [-0.15, -0.1) is 0 Å². The molecule has 102 valence electrons. The Bertz CT molecular complexity index is 759. The molecule has 1 aromatic carbocycles. The van der Waals surface area contributed by atoms with Crippen LogP contribution in [0.15, 0.2) is 28.7 Å². The minimum atomic E-state index is 0.101. The molecule has 0 radical (unpaired) electrons. The van der Waals surface area contributed by atoms with Crippen LogP contribution in [0.25, 0.3) is 22.6 Å². The van der Waals surface area contributed by atoms with Crippen molar-refractivity contribution in [2.45, 2.75) is 6.92 Å². The number of hydrogen-bond donors (Lipinski definition) is 2. The van der Waals surface area contributed by atoms with Gasteiger partial charge in [0.25, 0.3) is 0 Å². The molecule has 0 saturated heterocycles. The Kier molecular flexibility index (Phi) is 3.10. The Hall–Kier alpha value is -2.08. The zero-order chi connectivity index (χ0) is 14.3. The molecule has 5 nitrogen and oxygen atoms in total. The van der Waals surface area contributed by atoms with Gasteiger partial charge in [0.2, 0.25) is 0 Å². The number of halogens is 1. The highest BCUT2D eigenvalue weighted by Gasteiger charge is 2.10. The maximum Gasteiger partial charge on any atom is 0.178 e. The third-order valence-electron chi connectivity index (χ3n) is 3.06. The van der Waals surface area contributed by atoms with Gasteiger partial charge >= 0.3 is 0 Å². The molecule has 0 spiro atoms. The fourth-order valence-electron chi connectivity index (χ4n) is 1.97. The summed E-state index contributed by atoms with van der Waals surface area (Å²) in [5.41, 5.74) is 3.22. The zero-order valence-corrected chi connectivity index (χ0v) is 12.5. The van der Waals surface area contributed by atoms with Crippen LogP contribution in [0.2, 0.25) is 0 Å². The Labute approximate surface area is 123 Å². The van der Waals surface area contributed by atoms with E-state index in [-0.39, 0.29) is 5.75 Å². The lowest BCUT2D eigenvalue weighted by molar-refractivity contribution is 0.373. The number of hydrogen-bond acceptors (Lipinski definition) is 4. The van der Waals surface area contributed by atoms with E-state index >= 15 is 0 Å². The fraction of sp³-hybridized carbons (Fsp3) is 0.143.